The van der Waals surface area contributed by atoms with E-state index in [1.54, 1.807) is 4.90 Å². The number of hydrogen-bond acceptors (Lipinski definition) is 3. The van der Waals surface area contributed by atoms with Gasteiger partial charge in [-0.15, -0.1) is 0 Å². The highest BCUT2D eigenvalue weighted by molar-refractivity contribution is 5.97. The minimum atomic E-state index is -0.122. The largest absolute Gasteiger partial charge is 0.395 e. The van der Waals surface area contributed by atoms with Crippen molar-refractivity contribution in [3.05, 3.63) is 95.1 Å². The molecule has 5 nitrogen and oxygen atoms in total. The first-order valence-corrected chi connectivity index (χ1v) is 11.0. The van der Waals surface area contributed by atoms with Gasteiger partial charge in [0.2, 0.25) is 0 Å². The maximum absolute atomic E-state index is 13.1. The van der Waals surface area contributed by atoms with Crippen LogP contribution in [0.5, 0.6) is 0 Å². The summed E-state index contributed by atoms with van der Waals surface area (Å²) < 4.78 is 0. The number of hydrogen-bond donors (Lipinski definition) is 2. The van der Waals surface area contributed by atoms with Crippen LogP contribution in [0.1, 0.15) is 44.7 Å². The summed E-state index contributed by atoms with van der Waals surface area (Å²) in [5.74, 6) is -0.162. The molecular weight excluding hydrogens is 400 g/mol. The van der Waals surface area contributed by atoms with Crippen molar-refractivity contribution in [2.75, 3.05) is 13.2 Å². The summed E-state index contributed by atoms with van der Waals surface area (Å²) in [6, 6.07) is 23.2. The van der Waals surface area contributed by atoms with Gasteiger partial charge in [-0.1, -0.05) is 48.5 Å². The fourth-order valence-electron chi connectivity index (χ4n) is 3.72. The van der Waals surface area contributed by atoms with Gasteiger partial charge in [0.05, 0.1) is 6.61 Å². The predicted octanol–water partition coefficient (Wildman–Crippen LogP) is 4.19. The zero-order valence-electron chi connectivity index (χ0n) is 18.3. The molecule has 0 saturated heterocycles. The quantitative estimate of drug-likeness (QED) is 0.565. The van der Waals surface area contributed by atoms with Crippen LogP contribution in [0.2, 0.25) is 0 Å². The predicted molar refractivity (Wildman–Crippen MR) is 125 cm³/mol. The Hall–Kier alpha value is -3.44. The lowest BCUT2D eigenvalue weighted by Crippen LogP contribution is -2.33. The van der Waals surface area contributed by atoms with Crippen LogP contribution in [0.25, 0.3) is 11.1 Å². The Balaban J connectivity index is 1.52. The van der Waals surface area contributed by atoms with Crippen molar-refractivity contribution in [3.8, 4) is 11.1 Å². The maximum atomic E-state index is 13.1. The van der Waals surface area contributed by atoms with Crippen LogP contribution in [-0.4, -0.2) is 41.0 Å². The first-order valence-electron chi connectivity index (χ1n) is 11.0. The molecule has 0 spiro atoms. The summed E-state index contributed by atoms with van der Waals surface area (Å²) >= 11 is 0. The zero-order chi connectivity index (χ0) is 22.5. The topological polar surface area (TPSA) is 69.6 Å². The third-order valence-electron chi connectivity index (χ3n) is 5.73. The van der Waals surface area contributed by atoms with E-state index in [-0.39, 0.29) is 25.0 Å². The van der Waals surface area contributed by atoms with E-state index in [9.17, 15) is 14.7 Å². The zero-order valence-corrected chi connectivity index (χ0v) is 18.3. The lowest BCUT2D eigenvalue weighted by atomic mass is 9.96. The van der Waals surface area contributed by atoms with Crippen molar-refractivity contribution in [3.63, 3.8) is 0 Å². The third-order valence-corrected chi connectivity index (χ3v) is 5.73. The molecule has 4 rings (SSSR count). The smallest absolute Gasteiger partial charge is 0.254 e. The summed E-state index contributed by atoms with van der Waals surface area (Å²) in [5, 5.41) is 12.5. The standard InChI is InChI=1S/C27H28N2O3/c1-19-7-8-23(26(31)28-24-13-14-24)17-25(19)21-9-11-22(12-10-21)27(32)29(15-16-30)18-20-5-3-2-4-6-20/h2-12,17,24,30H,13-16,18H2,1H3,(H,28,31). The summed E-state index contributed by atoms with van der Waals surface area (Å²) in [7, 11) is 0. The van der Waals surface area contributed by atoms with Crippen molar-refractivity contribution in [2.24, 2.45) is 0 Å². The van der Waals surface area contributed by atoms with Crippen LogP contribution < -0.4 is 5.32 Å². The molecule has 0 unspecified atom stereocenters. The lowest BCUT2D eigenvalue weighted by Gasteiger charge is -2.22. The molecule has 3 aromatic rings. The number of nitrogens with zero attached hydrogens (tertiary/aromatic N) is 1. The molecular formula is C27H28N2O3. The molecule has 1 saturated carbocycles. The van der Waals surface area contributed by atoms with Crippen LogP contribution in [-0.2, 0) is 6.54 Å². The van der Waals surface area contributed by atoms with Crippen molar-refractivity contribution in [1.29, 1.82) is 0 Å². The van der Waals surface area contributed by atoms with Gasteiger partial charge in [0, 0.05) is 30.3 Å². The second-order valence-electron chi connectivity index (χ2n) is 8.29. The number of aliphatic hydroxyl groups excluding tert-OH is 1. The number of benzene rings is 3. The molecule has 2 amide bonds. The Morgan fingerprint density at radius 3 is 2.31 bits per heavy atom. The van der Waals surface area contributed by atoms with Gasteiger partial charge in [-0.3, -0.25) is 9.59 Å². The van der Waals surface area contributed by atoms with Crippen LogP contribution in [0.15, 0.2) is 72.8 Å². The van der Waals surface area contributed by atoms with Gasteiger partial charge >= 0.3 is 0 Å². The second kappa shape index (κ2) is 9.79. The Bertz CT molecular complexity index is 1090. The molecule has 2 N–H and O–H groups in total. The van der Waals surface area contributed by atoms with Crippen LogP contribution in [0.4, 0.5) is 0 Å². The lowest BCUT2D eigenvalue weighted by molar-refractivity contribution is 0.0707. The number of amides is 2. The normalized spacial score (nSPS) is 12.9. The van der Waals surface area contributed by atoms with E-state index in [2.05, 4.69) is 5.32 Å². The second-order valence-corrected chi connectivity index (χ2v) is 8.29. The molecule has 164 valence electrons. The number of carbonyl (C=O) groups excluding carboxylic acids is 2. The molecule has 0 bridgehead atoms. The average Bonchev–Trinajstić information content (AvgIpc) is 3.63. The van der Waals surface area contributed by atoms with E-state index >= 15 is 0 Å². The highest BCUT2D eigenvalue weighted by Crippen LogP contribution is 2.26. The van der Waals surface area contributed by atoms with E-state index in [0.717, 1.165) is 35.1 Å². The summed E-state index contributed by atoms with van der Waals surface area (Å²) in [6.07, 6.45) is 2.11. The molecule has 0 heterocycles. The van der Waals surface area contributed by atoms with Crippen molar-refractivity contribution < 1.29 is 14.7 Å². The van der Waals surface area contributed by atoms with Gasteiger partial charge in [-0.2, -0.15) is 0 Å². The Labute approximate surface area is 188 Å². The molecule has 1 aliphatic rings. The summed E-state index contributed by atoms with van der Waals surface area (Å²) in [4.78, 5) is 27.2. The van der Waals surface area contributed by atoms with Crippen LogP contribution in [0.3, 0.4) is 0 Å². The minimum Gasteiger partial charge on any atom is -0.395 e. The molecule has 0 radical (unpaired) electrons. The van der Waals surface area contributed by atoms with E-state index in [4.69, 9.17) is 0 Å². The molecule has 1 aliphatic carbocycles. The van der Waals surface area contributed by atoms with E-state index in [1.807, 2.05) is 79.7 Å². The molecule has 3 aromatic carbocycles. The summed E-state index contributed by atoms with van der Waals surface area (Å²) in [6.45, 7) is 2.64. The number of aliphatic hydroxyl groups is 1. The monoisotopic (exact) mass is 428 g/mol. The number of rotatable bonds is 8. The first-order chi connectivity index (χ1) is 15.5. The Morgan fingerprint density at radius 1 is 0.969 bits per heavy atom. The Kier molecular flexibility index (Phi) is 6.66. The van der Waals surface area contributed by atoms with Gasteiger partial charge in [0.25, 0.3) is 11.8 Å². The van der Waals surface area contributed by atoms with Crippen LogP contribution >= 0.6 is 0 Å². The van der Waals surface area contributed by atoms with E-state index < -0.39 is 0 Å². The maximum Gasteiger partial charge on any atom is 0.254 e. The third kappa shape index (κ3) is 5.24. The molecule has 5 heteroatoms. The van der Waals surface area contributed by atoms with Crippen LogP contribution in [0, 0.1) is 6.92 Å². The summed E-state index contributed by atoms with van der Waals surface area (Å²) in [5.41, 5.74) is 5.23. The van der Waals surface area contributed by atoms with Gasteiger partial charge in [-0.05, 0) is 66.3 Å². The van der Waals surface area contributed by atoms with Gasteiger partial charge < -0.3 is 15.3 Å². The molecule has 0 aliphatic heterocycles. The molecule has 32 heavy (non-hydrogen) atoms. The minimum absolute atomic E-state index is 0.0406. The van der Waals surface area contributed by atoms with Gasteiger partial charge in [0.15, 0.2) is 0 Å². The number of nitrogens with one attached hydrogen (secondary N) is 1. The van der Waals surface area contributed by atoms with Crippen molar-refractivity contribution in [2.45, 2.75) is 32.4 Å². The molecule has 1 fully saturated rings. The average molecular weight is 429 g/mol. The first kappa shape index (κ1) is 21.8. The highest BCUT2D eigenvalue weighted by Gasteiger charge is 2.24. The fraction of sp³-hybridized carbons (Fsp3) is 0.259. The SMILES string of the molecule is Cc1ccc(C(=O)NC2CC2)cc1-c1ccc(C(=O)N(CCO)Cc2ccccc2)cc1. The van der Waals surface area contributed by atoms with E-state index in [0.29, 0.717) is 23.7 Å². The highest BCUT2D eigenvalue weighted by atomic mass is 16.3. The fourth-order valence-corrected chi connectivity index (χ4v) is 3.72. The number of carbonyl (C=O) groups is 2. The molecule has 0 atom stereocenters. The number of aryl methyl sites for hydroxylation is 1. The van der Waals surface area contributed by atoms with E-state index in [1.165, 1.54) is 0 Å². The van der Waals surface area contributed by atoms with Crippen molar-refractivity contribution in [1.82, 2.24) is 10.2 Å². The van der Waals surface area contributed by atoms with Gasteiger partial charge in [-0.25, -0.2) is 0 Å². The molecule has 0 aromatic heterocycles. The Morgan fingerprint density at radius 2 is 1.66 bits per heavy atom. The van der Waals surface area contributed by atoms with Gasteiger partial charge in [0.1, 0.15) is 0 Å². The van der Waals surface area contributed by atoms with Crippen molar-refractivity contribution >= 4 is 11.8 Å².